The van der Waals surface area contributed by atoms with Gasteiger partial charge in [-0.2, -0.15) is 0 Å². The number of piperidine rings is 1. The number of hydrogen-bond acceptors (Lipinski definition) is 4. The fraction of sp³-hybridized carbons (Fsp3) is 0.846. The van der Waals surface area contributed by atoms with Crippen molar-refractivity contribution in [3.63, 3.8) is 0 Å². The van der Waals surface area contributed by atoms with E-state index in [4.69, 9.17) is 10.5 Å². The minimum Gasteiger partial charge on any atom is -0.468 e. The molecule has 2 heterocycles. The summed E-state index contributed by atoms with van der Waals surface area (Å²) in [5.74, 6) is -0.229. The van der Waals surface area contributed by atoms with Gasteiger partial charge in [0.15, 0.2) is 0 Å². The van der Waals surface area contributed by atoms with Gasteiger partial charge in [0.2, 0.25) is 0 Å². The van der Waals surface area contributed by atoms with Crippen molar-refractivity contribution in [1.29, 1.82) is 0 Å². The average molecular weight is 269 g/mol. The first-order valence-electron chi connectivity index (χ1n) is 6.78. The second kappa shape index (κ2) is 5.36. The Bertz CT molecular complexity index is 358. The van der Waals surface area contributed by atoms with Gasteiger partial charge < -0.3 is 20.3 Å². The molecule has 2 fully saturated rings. The van der Waals surface area contributed by atoms with E-state index in [1.54, 1.807) is 19.0 Å². The van der Waals surface area contributed by atoms with Gasteiger partial charge in [-0.3, -0.25) is 4.79 Å². The van der Waals surface area contributed by atoms with Crippen LogP contribution in [0.3, 0.4) is 0 Å². The summed E-state index contributed by atoms with van der Waals surface area (Å²) in [6, 6.07) is -0.0639. The third-order valence-electron chi connectivity index (χ3n) is 4.35. The quantitative estimate of drug-likeness (QED) is 0.737. The summed E-state index contributed by atoms with van der Waals surface area (Å²) >= 11 is 0. The predicted octanol–water partition coefficient (Wildman–Crippen LogP) is 0.411. The molecule has 6 nitrogen and oxygen atoms in total. The predicted molar refractivity (Wildman–Crippen MR) is 70.4 cm³/mol. The molecule has 2 bridgehead atoms. The number of methoxy groups -OCH3 is 1. The van der Waals surface area contributed by atoms with Gasteiger partial charge in [-0.15, -0.1) is 0 Å². The number of carbonyl (C=O) groups is 2. The van der Waals surface area contributed by atoms with Gasteiger partial charge in [-0.25, -0.2) is 4.79 Å². The van der Waals surface area contributed by atoms with Crippen molar-refractivity contribution in [2.45, 2.75) is 43.8 Å². The molecule has 0 aromatic rings. The third kappa shape index (κ3) is 2.54. The number of amides is 2. The van der Waals surface area contributed by atoms with Gasteiger partial charge in [0.05, 0.1) is 7.11 Å². The Morgan fingerprint density at radius 1 is 1.26 bits per heavy atom. The van der Waals surface area contributed by atoms with Crippen LogP contribution in [-0.4, -0.2) is 61.1 Å². The summed E-state index contributed by atoms with van der Waals surface area (Å²) in [5.41, 5.74) is 5.95. The topological polar surface area (TPSA) is 75.9 Å². The van der Waals surface area contributed by atoms with Crippen LogP contribution in [0.2, 0.25) is 0 Å². The first-order chi connectivity index (χ1) is 8.95. The lowest BCUT2D eigenvalue weighted by Crippen LogP contribution is -2.54. The zero-order valence-corrected chi connectivity index (χ0v) is 11.8. The summed E-state index contributed by atoms with van der Waals surface area (Å²) in [4.78, 5) is 27.3. The number of nitrogens with two attached hydrogens (primary N) is 1. The highest BCUT2D eigenvalue weighted by Crippen LogP contribution is 2.40. The molecule has 2 rings (SSSR count). The summed E-state index contributed by atoms with van der Waals surface area (Å²) in [6.07, 6.45) is 3.61. The maximum Gasteiger partial charge on any atom is 0.322 e. The molecule has 0 aromatic carbocycles. The standard InChI is InChI=1S/C13H23N3O3/c1-15(2)13(18)16-9-4-5-10(16)7-8(6-9)11(14)12(17)19-3/h8-11H,4-7,14H2,1-3H3. The molecule has 0 aliphatic carbocycles. The van der Waals surface area contributed by atoms with Crippen LogP contribution in [0.1, 0.15) is 25.7 Å². The minimum atomic E-state index is -0.565. The van der Waals surface area contributed by atoms with Gasteiger partial charge in [0.25, 0.3) is 0 Å². The van der Waals surface area contributed by atoms with E-state index in [1.165, 1.54) is 7.11 Å². The number of fused-ring (bicyclic) bond motifs is 2. The smallest absolute Gasteiger partial charge is 0.322 e. The van der Waals surface area contributed by atoms with Crippen LogP contribution >= 0.6 is 0 Å². The molecule has 3 unspecified atom stereocenters. The Hall–Kier alpha value is -1.30. The molecule has 2 N–H and O–H groups in total. The largest absolute Gasteiger partial charge is 0.468 e. The number of rotatable bonds is 2. The van der Waals surface area contributed by atoms with Crippen LogP contribution in [0, 0.1) is 5.92 Å². The van der Waals surface area contributed by atoms with Crippen molar-refractivity contribution in [3.05, 3.63) is 0 Å². The fourth-order valence-electron chi connectivity index (χ4n) is 3.38. The summed E-state index contributed by atoms with van der Waals surface area (Å²) in [7, 11) is 4.91. The Morgan fingerprint density at radius 2 is 1.79 bits per heavy atom. The van der Waals surface area contributed by atoms with Gasteiger partial charge in [0, 0.05) is 26.2 Å². The van der Waals surface area contributed by atoms with Gasteiger partial charge in [-0.1, -0.05) is 0 Å². The molecule has 0 saturated carbocycles. The van der Waals surface area contributed by atoms with Gasteiger partial charge >= 0.3 is 12.0 Å². The molecule has 0 aromatic heterocycles. The highest BCUT2D eigenvalue weighted by molar-refractivity contribution is 5.77. The van der Waals surface area contributed by atoms with Gasteiger partial charge in [0.1, 0.15) is 6.04 Å². The van der Waals surface area contributed by atoms with Crippen molar-refractivity contribution < 1.29 is 14.3 Å². The van der Waals surface area contributed by atoms with E-state index in [1.807, 2.05) is 4.90 Å². The lowest BCUT2D eigenvalue weighted by Gasteiger charge is -2.41. The summed E-state index contributed by atoms with van der Waals surface area (Å²) in [6.45, 7) is 0. The summed E-state index contributed by atoms with van der Waals surface area (Å²) < 4.78 is 4.72. The van der Waals surface area contributed by atoms with E-state index in [0.717, 1.165) is 25.7 Å². The number of urea groups is 1. The number of hydrogen-bond donors (Lipinski definition) is 1. The van der Waals surface area contributed by atoms with E-state index in [9.17, 15) is 9.59 Å². The van der Waals surface area contributed by atoms with Crippen LogP contribution in [0.5, 0.6) is 0 Å². The van der Waals surface area contributed by atoms with Crippen molar-refractivity contribution in [1.82, 2.24) is 9.80 Å². The Balaban J connectivity index is 2.05. The average Bonchev–Trinajstić information content (AvgIpc) is 2.65. The Kier molecular flexibility index (Phi) is 3.99. The number of ether oxygens (including phenoxy) is 1. The number of nitrogens with zero attached hydrogens (tertiary/aromatic N) is 2. The molecule has 2 aliphatic heterocycles. The Labute approximate surface area is 113 Å². The highest BCUT2D eigenvalue weighted by Gasteiger charge is 2.46. The molecule has 2 aliphatic rings. The maximum absolute atomic E-state index is 12.2. The van der Waals surface area contributed by atoms with Crippen LogP contribution in [-0.2, 0) is 9.53 Å². The molecule has 19 heavy (non-hydrogen) atoms. The van der Waals surface area contributed by atoms with E-state index >= 15 is 0 Å². The number of carbonyl (C=O) groups excluding carboxylic acids is 2. The van der Waals surface area contributed by atoms with E-state index in [2.05, 4.69) is 0 Å². The van der Waals surface area contributed by atoms with E-state index < -0.39 is 6.04 Å². The minimum absolute atomic E-state index is 0.0672. The highest BCUT2D eigenvalue weighted by atomic mass is 16.5. The molecular weight excluding hydrogens is 246 g/mol. The van der Waals surface area contributed by atoms with Crippen molar-refractivity contribution in [3.8, 4) is 0 Å². The van der Waals surface area contributed by atoms with Crippen molar-refractivity contribution in [2.24, 2.45) is 11.7 Å². The molecule has 2 amide bonds. The Morgan fingerprint density at radius 3 is 2.21 bits per heavy atom. The second-order valence-electron chi connectivity index (χ2n) is 5.75. The first kappa shape index (κ1) is 14.1. The lowest BCUT2D eigenvalue weighted by molar-refractivity contribution is -0.144. The molecular formula is C13H23N3O3. The zero-order chi connectivity index (χ0) is 14.2. The SMILES string of the molecule is COC(=O)C(N)C1CC2CCC(C1)N2C(=O)N(C)C. The van der Waals surface area contributed by atoms with Gasteiger partial charge in [-0.05, 0) is 31.6 Å². The third-order valence-corrected chi connectivity index (χ3v) is 4.35. The van der Waals surface area contributed by atoms with Crippen LogP contribution in [0.4, 0.5) is 4.79 Å². The molecule has 0 spiro atoms. The molecule has 6 heteroatoms. The first-order valence-corrected chi connectivity index (χ1v) is 6.78. The summed E-state index contributed by atoms with van der Waals surface area (Å²) in [5, 5.41) is 0. The van der Waals surface area contributed by atoms with Crippen molar-refractivity contribution >= 4 is 12.0 Å². The molecule has 108 valence electrons. The second-order valence-corrected chi connectivity index (χ2v) is 5.75. The van der Waals surface area contributed by atoms with E-state index in [-0.39, 0.29) is 30.0 Å². The van der Waals surface area contributed by atoms with Crippen LogP contribution in [0.15, 0.2) is 0 Å². The van der Waals surface area contributed by atoms with Crippen LogP contribution in [0.25, 0.3) is 0 Å². The fourth-order valence-corrected chi connectivity index (χ4v) is 3.38. The maximum atomic E-state index is 12.2. The van der Waals surface area contributed by atoms with Crippen molar-refractivity contribution in [2.75, 3.05) is 21.2 Å². The van der Waals surface area contributed by atoms with E-state index in [0.29, 0.717) is 0 Å². The normalized spacial score (nSPS) is 30.9. The van der Waals surface area contributed by atoms with Crippen LogP contribution < -0.4 is 5.73 Å². The molecule has 3 atom stereocenters. The molecule has 2 saturated heterocycles. The molecule has 0 radical (unpaired) electrons. The number of esters is 1. The zero-order valence-electron chi connectivity index (χ0n) is 11.8. The lowest BCUT2D eigenvalue weighted by atomic mass is 9.85. The monoisotopic (exact) mass is 269 g/mol.